The Morgan fingerprint density at radius 3 is 2.83 bits per heavy atom. The highest BCUT2D eigenvalue weighted by Crippen LogP contribution is 2.30. The van der Waals surface area contributed by atoms with E-state index in [1.807, 2.05) is 36.5 Å². The maximum absolute atomic E-state index is 9.49. The average Bonchev–Trinajstić information content (AvgIpc) is 2.87. The van der Waals surface area contributed by atoms with Gasteiger partial charge in [0.25, 0.3) is 0 Å². The highest BCUT2D eigenvalue weighted by molar-refractivity contribution is 5.94. The van der Waals surface area contributed by atoms with Crippen LogP contribution < -0.4 is 0 Å². The lowest BCUT2D eigenvalue weighted by molar-refractivity contribution is 0.170. The summed E-state index contributed by atoms with van der Waals surface area (Å²) >= 11 is 0. The van der Waals surface area contributed by atoms with E-state index in [9.17, 15) is 5.11 Å². The molecule has 0 aliphatic rings. The molecule has 0 bridgehead atoms. The molecule has 2 aromatic heterocycles. The van der Waals surface area contributed by atoms with Gasteiger partial charge < -0.3 is 9.52 Å². The summed E-state index contributed by atoms with van der Waals surface area (Å²) in [6, 6.07) is 11.7. The number of hydrogen-bond donors (Lipinski definition) is 1. The lowest BCUT2D eigenvalue weighted by Gasteiger charge is -2.03. The van der Waals surface area contributed by atoms with Crippen LogP contribution in [-0.4, -0.2) is 10.1 Å². The van der Waals surface area contributed by atoms with Crippen molar-refractivity contribution in [2.75, 3.05) is 0 Å². The van der Waals surface area contributed by atoms with Gasteiger partial charge in [-0.05, 0) is 30.5 Å². The van der Waals surface area contributed by atoms with Crippen molar-refractivity contribution in [3.8, 4) is 11.3 Å². The molecule has 0 saturated heterocycles. The molecule has 0 saturated carbocycles. The molecule has 3 heteroatoms. The van der Waals surface area contributed by atoms with Gasteiger partial charge in [-0.25, -0.2) is 0 Å². The standard InChI is InChI=1S/C15H13NO2/c1-10(17)14-5-6-15(18-14)13-4-2-3-11-9-16-8-7-12(11)13/h2-10,17H,1H3. The lowest BCUT2D eigenvalue weighted by Crippen LogP contribution is -1.85. The van der Waals surface area contributed by atoms with Gasteiger partial charge in [0.15, 0.2) is 0 Å². The maximum Gasteiger partial charge on any atom is 0.135 e. The number of pyridine rings is 1. The second kappa shape index (κ2) is 4.27. The molecule has 0 fully saturated rings. The molecule has 2 heterocycles. The Morgan fingerprint density at radius 2 is 2.06 bits per heavy atom. The van der Waals surface area contributed by atoms with Crippen LogP contribution in [0, 0.1) is 0 Å². The molecule has 3 rings (SSSR count). The molecule has 1 N–H and O–H groups in total. The van der Waals surface area contributed by atoms with Crippen molar-refractivity contribution in [3.63, 3.8) is 0 Å². The van der Waals surface area contributed by atoms with Crippen LogP contribution in [0.5, 0.6) is 0 Å². The van der Waals surface area contributed by atoms with Crippen molar-refractivity contribution in [1.29, 1.82) is 0 Å². The third kappa shape index (κ3) is 1.79. The number of aliphatic hydroxyl groups is 1. The van der Waals surface area contributed by atoms with E-state index in [1.165, 1.54) is 0 Å². The van der Waals surface area contributed by atoms with Crippen LogP contribution in [0.15, 0.2) is 53.2 Å². The molecule has 18 heavy (non-hydrogen) atoms. The number of nitrogens with zero attached hydrogens (tertiary/aromatic N) is 1. The first-order valence-corrected chi connectivity index (χ1v) is 5.86. The number of aliphatic hydroxyl groups excluding tert-OH is 1. The molecule has 0 amide bonds. The Morgan fingerprint density at radius 1 is 1.17 bits per heavy atom. The summed E-state index contributed by atoms with van der Waals surface area (Å²) < 4.78 is 5.67. The van der Waals surface area contributed by atoms with E-state index >= 15 is 0 Å². The molecule has 1 atom stereocenters. The summed E-state index contributed by atoms with van der Waals surface area (Å²) in [5.41, 5.74) is 1.02. The van der Waals surface area contributed by atoms with Gasteiger partial charge in [0.05, 0.1) is 0 Å². The Kier molecular flexibility index (Phi) is 2.61. The highest BCUT2D eigenvalue weighted by atomic mass is 16.4. The van der Waals surface area contributed by atoms with Gasteiger partial charge >= 0.3 is 0 Å². The van der Waals surface area contributed by atoms with Crippen LogP contribution in [0.4, 0.5) is 0 Å². The van der Waals surface area contributed by atoms with Gasteiger partial charge in [0, 0.05) is 23.3 Å². The Bertz CT molecular complexity index is 680. The number of fused-ring (bicyclic) bond motifs is 1. The molecule has 90 valence electrons. The van der Waals surface area contributed by atoms with E-state index in [1.54, 1.807) is 19.2 Å². The molecule has 0 aliphatic heterocycles. The average molecular weight is 239 g/mol. The van der Waals surface area contributed by atoms with Gasteiger partial charge in [0.1, 0.15) is 17.6 Å². The van der Waals surface area contributed by atoms with Crippen LogP contribution in [-0.2, 0) is 0 Å². The third-order valence-corrected chi connectivity index (χ3v) is 2.98. The molecule has 1 unspecified atom stereocenters. The van der Waals surface area contributed by atoms with Gasteiger partial charge in [-0.3, -0.25) is 4.98 Å². The van der Waals surface area contributed by atoms with E-state index < -0.39 is 6.10 Å². The van der Waals surface area contributed by atoms with Gasteiger partial charge in [0.2, 0.25) is 0 Å². The second-order valence-corrected chi connectivity index (χ2v) is 4.28. The summed E-state index contributed by atoms with van der Waals surface area (Å²) in [4.78, 5) is 4.11. The lowest BCUT2D eigenvalue weighted by atomic mass is 10.1. The number of rotatable bonds is 2. The molecule has 3 nitrogen and oxygen atoms in total. The molecular weight excluding hydrogens is 226 g/mol. The largest absolute Gasteiger partial charge is 0.458 e. The maximum atomic E-state index is 9.49. The minimum absolute atomic E-state index is 0.580. The second-order valence-electron chi connectivity index (χ2n) is 4.28. The first-order valence-electron chi connectivity index (χ1n) is 5.86. The summed E-state index contributed by atoms with van der Waals surface area (Å²) in [5, 5.41) is 11.7. The van der Waals surface area contributed by atoms with Crippen LogP contribution >= 0.6 is 0 Å². The number of benzene rings is 1. The summed E-state index contributed by atoms with van der Waals surface area (Å²) in [7, 11) is 0. The summed E-state index contributed by atoms with van der Waals surface area (Å²) in [6.07, 6.45) is 3.01. The van der Waals surface area contributed by atoms with Crippen molar-refractivity contribution in [2.45, 2.75) is 13.0 Å². The van der Waals surface area contributed by atoms with Crippen molar-refractivity contribution in [2.24, 2.45) is 0 Å². The quantitative estimate of drug-likeness (QED) is 0.743. The molecule has 3 aromatic rings. The fourth-order valence-corrected chi connectivity index (χ4v) is 2.06. The molecule has 0 spiro atoms. The number of furan rings is 1. The van der Waals surface area contributed by atoms with E-state index in [-0.39, 0.29) is 0 Å². The smallest absolute Gasteiger partial charge is 0.135 e. The minimum atomic E-state index is -0.588. The van der Waals surface area contributed by atoms with E-state index in [0.717, 1.165) is 22.1 Å². The monoisotopic (exact) mass is 239 g/mol. The van der Waals surface area contributed by atoms with Gasteiger partial charge in [-0.1, -0.05) is 18.2 Å². The zero-order valence-electron chi connectivity index (χ0n) is 10.00. The van der Waals surface area contributed by atoms with Crippen LogP contribution in [0.3, 0.4) is 0 Å². The predicted molar refractivity (Wildman–Crippen MR) is 70.1 cm³/mol. The van der Waals surface area contributed by atoms with Gasteiger partial charge in [-0.15, -0.1) is 0 Å². The summed E-state index contributed by atoms with van der Waals surface area (Å²) in [5.74, 6) is 1.35. The minimum Gasteiger partial charge on any atom is -0.458 e. The van der Waals surface area contributed by atoms with E-state index in [2.05, 4.69) is 4.98 Å². The first-order chi connectivity index (χ1) is 8.75. The Hall–Kier alpha value is -2.13. The van der Waals surface area contributed by atoms with Crippen molar-refractivity contribution >= 4 is 10.8 Å². The highest BCUT2D eigenvalue weighted by Gasteiger charge is 2.10. The zero-order chi connectivity index (χ0) is 12.5. The first kappa shape index (κ1) is 11.0. The fourth-order valence-electron chi connectivity index (χ4n) is 2.06. The Balaban J connectivity index is 2.18. The fraction of sp³-hybridized carbons (Fsp3) is 0.133. The topological polar surface area (TPSA) is 46.3 Å². The van der Waals surface area contributed by atoms with Crippen LogP contribution in [0.2, 0.25) is 0 Å². The molecule has 0 radical (unpaired) electrons. The summed E-state index contributed by atoms with van der Waals surface area (Å²) in [6.45, 7) is 1.69. The van der Waals surface area contributed by atoms with Crippen LogP contribution in [0.25, 0.3) is 22.1 Å². The third-order valence-electron chi connectivity index (χ3n) is 2.98. The normalized spacial score (nSPS) is 12.8. The Labute approximate surface area is 105 Å². The van der Waals surface area contributed by atoms with Crippen molar-refractivity contribution < 1.29 is 9.52 Å². The SMILES string of the molecule is CC(O)c1ccc(-c2cccc3cnccc23)o1. The number of aromatic nitrogens is 1. The van der Waals surface area contributed by atoms with Gasteiger partial charge in [-0.2, -0.15) is 0 Å². The predicted octanol–water partition coefficient (Wildman–Crippen LogP) is 3.55. The molecule has 1 aromatic carbocycles. The van der Waals surface area contributed by atoms with Crippen molar-refractivity contribution in [3.05, 3.63) is 54.6 Å². The van der Waals surface area contributed by atoms with E-state index in [4.69, 9.17) is 4.42 Å². The van der Waals surface area contributed by atoms with Crippen LogP contribution in [0.1, 0.15) is 18.8 Å². The zero-order valence-corrected chi connectivity index (χ0v) is 10.00. The molecular formula is C15H13NO2. The molecule has 0 aliphatic carbocycles. The number of hydrogen-bond acceptors (Lipinski definition) is 3. The van der Waals surface area contributed by atoms with E-state index in [0.29, 0.717) is 5.76 Å². The van der Waals surface area contributed by atoms with Crippen molar-refractivity contribution in [1.82, 2.24) is 4.98 Å².